The largest absolute Gasteiger partial charge is 0.310 e. The molecule has 0 atom stereocenters. The van der Waals surface area contributed by atoms with Crippen molar-refractivity contribution in [3.8, 4) is 22.3 Å². The number of nitrogens with zero attached hydrogens (tertiary/aromatic N) is 2. The molecule has 0 aromatic heterocycles. The molecule has 270 valence electrons. The Balaban J connectivity index is 1.21. The summed E-state index contributed by atoms with van der Waals surface area (Å²) in [4.78, 5) is 4.84. The van der Waals surface area contributed by atoms with Gasteiger partial charge < -0.3 is 9.80 Å². The number of para-hydroxylation sites is 4. The van der Waals surface area contributed by atoms with Crippen LogP contribution in [0.3, 0.4) is 0 Å². The molecule has 0 unspecified atom stereocenters. The quantitative estimate of drug-likeness (QED) is 0.154. The van der Waals surface area contributed by atoms with Gasteiger partial charge in [0.2, 0.25) is 0 Å². The van der Waals surface area contributed by atoms with Crippen LogP contribution in [-0.4, -0.2) is 0 Å². The van der Waals surface area contributed by atoms with E-state index in [2.05, 4.69) is 252 Å². The maximum atomic E-state index is 2.46. The molecule has 57 heavy (non-hydrogen) atoms. The smallest absolute Gasteiger partial charge is 0.0742 e. The first-order valence-corrected chi connectivity index (χ1v) is 19.6. The van der Waals surface area contributed by atoms with Gasteiger partial charge in [-0.3, -0.25) is 0 Å². The van der Waals surface area contributed by atoms with Gasteiger partial charge in [0.05, 0.1) is 22.5 Å². The lowest BCUT2D eigenvalue weighted by Crippen LogP contribution is -2.37. The molecule has 0 fully saturated rings. The van der Waals surface area contributed by atoms with E-state index < -0.39 is 5.41 Å². The highest BCUT2D eigenvalue weighted by Gasteiger charge is 2.46. The number of benzene rings is 9. The lowest BCUT2D eigenvalue weighted by Gasteiger charge is -2.46. The minimum atomic E-state index is -0.561. The van der Waals surface area contributed by atoms with Gasteiger partial charge >= 0.3 is 0 Å². The molecule has 2 heteroatoms. The zero-order chi connectivity index (χ0) is 38.0. The monoisotopic (exact) mass is 728 g/mol. The molecule has 9 aromatic rings. The Morgan fingerprint density at radius 2 is 0.807 bits per heavy atom. The maximum absolute atomic E-state index is 2.46. The Bertz CT molecular complexity index is 2720. The minimum absolute atomic E-state index is 0.561. The predicted octanol–water partition coefficient (Wildman–Crippen LogP) is 14.7. The molecule has 10 rings (SSSR count). The Morgan fingerprint density at radius 3 is 1.47 bits per heavy atom. The van der Waals surface area contributed by atoms with Crippen molar-refractivity contribution < 1.29 is 0 Å². The highest BCUT2D eigenvalue weighted by molar-refractivity contribution is 5.94. The van der Waals surface area contributed by atoms with Crippen LogP contribution < -0.4 is 9.80 Å². The van der Waals surface area contributed by atoms with Gasteiger partial charge in [-0.05, 0) is 93.5 Å². The predicted molar refractivity (Wildman–Crippen MR) is 239 cm³/mol. The summed E-state index contributed by atoms with van der Waals surface area (Å²) in [5, 5.41) is 0. The lowest BCUT2D eigenvalue weighted by molar-refractivity contribution is 0.731. The zero-order valence-corrected chi connectivity index (χ0v) is 31.5. The van der Waals surface area contributed by atoms with Crippen LogP contribution in [0.25, 0.3) is 22.3 Å². The third kappa shape index (κ3) is 5.91. The van der Waals surface area contributed by atoms with Gasteiger partial charge in [-0.15, -0.1) is 0 Å². The molecule has 1 aliphatic heterocycles. The first-order valence-electron chi connectivity index (χ1n) is 19.6. The van der Waals surface area contributed by atoms with Crippen molar-refractivity contribution >= 4 is 34.1 Å². The fourth-order valence-electron chi connectivity index (χ4n) is 8.83. The van der Waals surface area contributed by atoms with E-state index in [4.69, 9.17) is 0 Å². The van der Waals surface area contributed by atoms with Gasteiger partial charge in [0.15, 0.2) is 0 Å². The Labute approximate surface area is 335 Å². The summed E-state index contributed by atoms with van der Waals surface area (Å²) in [5.74, 6) is 0. The van der Waals surface area contributed by atoms with Gasteiger partial charge in [0.25, 0.3) is 0 Å². The van der Waals surface area contributed by atoms with Crippen molar-refractivity contribution in [1.29, 1.82) is 0 Å². The molecule has 0 aliphatic carbocycles. The summed E-state index contributed by atoms with van der Waals surface area (Å²) >= 11 is 0. The Hall–Kier alpha value is -7.42. The average Bonchev–Trinajstić information content (AvgIpc) is 3.30. The van der Waals surface area contributed by atoms with E-state index in [0.29, 0.717) is 0 Å². The third-order valence-corrected chi connectivity index (χ3v) is 11.3. The number of fused-ring (bicyclic) bond motifs is 2. The number of anilines is 6. The normalized spacial score (nSPS) is 12.7. The summed E-state index contributed by atoms with van der Waals surface area (Å²) in [6.45, 7) is 0. The molecule has 9 aromatic carbocycles. The van der Waals surface area contributed by atoms with E-state index in [0.717, 1.165) is 39.6 Å². The van der Waals surface area contributed by atoms with Crippen LogP contribution in [0.2, 0.25) is 0 Å². The van der Waals surface area contributed by atoms with Crippen LogP contribution >= 0.6 is 0 Å². The summed E-state index contributed by atoms with van der Waals surface area (Å²) in [6, 6.07) is 87.9. The van der Waals surface area contributed by atoms with E-state index >= 15 is 0 Å². The number of hydrogen-bond donors (Lipinski definition) is 0. The van der Waals surface area contributed by atoms with E-state index in [-0.39, 0.29) is 0 Å². The van der Waals surface area contributed by atoms with Gasteiger partial charge in [0.1, 0.15) is 0 Å². The highest BCUT2D eigenvalue weighted by Crippen LogP contribution is 2.58. The molecule has 0 radical (unpaired) electrons. The Kier molecular flexibility index (Phi) is 8.78. The average molecular weight is 729 g/mol. The molecule has 0 saturated heterocycles. The first kappa shape index (κ1) is 34.1. The van der Waals surface area contributed by atoms with E-state index in [9.17, 15) is 0 Å². The van der Waals surface area contributed by atoms with Crippen LogP contribution in [0.15, 0.2) is 243 Å². The molecule has 0 spiro atoms. The molecule has 0 N–H and O–H groups in total. The summed E-state index contributed by atoms with van der Waals surface area (Å²) < 4.78 is 0. The van der Waals surface area contributed by atoms with Gasteiger partial charge in [-0.25, -0.2) is 0 Å². The highest BCUT2D eigenvalue weighted by atomic mass is 15.2. The fraction of sp³-hybridized carbons (Fsp3) is 0.0182. The fourth-order valence-corrected chi connectivity index (χ4v) is 8.83. The molecular formula is C55H40N2. The van der Waals surface area contributed by atoms with Crippen molar-refractivity contribution in [3.63, 3.8) is 0 Å². The van der Waals surface area contributed by atoms with Crippen LogP contribution in [-0.2, 0) is 5.41 Å². The van der Waals surface area contributed by atoms with Crippen molar-refractivity contribution in [2.75, 3.05) is 9.80 Å². The third-order valence-electron chi connectivity index (χ3n) is 11.3. The summed E-state index contributed by atoms with van der Waals surface area (Å²) in [6.07, 6.45) is 0. The summed E-state index contributed by atoms with van der Waals surface area (Å²) in [7, 11) is 0. The van der Waals surface area contributed by atoms with E-state index in [1.54, 1.807) is 0 Å². The van der Waals surface area contributed by atoms with Gasteiger partial charge in [-0.1, -0.05) is 188 Å². The van der Waals surface area contributed by atoms with E-state index in [1.807, 2.05) is 0 Å². The summed E-state index contributed by atoms with van der Waals surface area (Å²) in [5.41, 5.74) is 15.8. The lowest BCUT2D eigenvalue weighted by atomic mass is 9.62. The van der Waals surface area contributed by atoms with Crippen molar-refractivity contribution in [3.05, 3.63) is 265 Å². The molecule has 0 bridgehead atoms. The SMILES string of the molecule is c1ccc(-c2ccc(N(c3ccccc3)c3ccccc3-c3ccc4c(c3)N(c3ccccc3)c3ccccc3C4(c3ccccc3)c3ccccc3)cc2)cc1. The maximum Gasteiger partial charge on any atom is 0.0742 e. The Morgan fingerprint density at radius 1 is 0.333 bits per heavy atom. The molecule has 0 amide bonds. The van der Waals surface area contributed by atoms with Crippen molar-refractivity contribution in [2.45, 2.75) is 5.41 Å². The van der Waals surface area contributed by atoms with Crippen LogP contribution in [0, 0.1) is 0 Å². The van der Waals surface area contributed by atoms with E-state index in [1.165, 1.54) is 39.1 Å². The molecular weight excluding hydrogens is 689 g/mol. The topological polar surface area (TPSA) is 6.48 Å². The zero-order valence-electron chi connectivity index (χ0n) is 31.5. The van der Waals surface area contributed by atoms with Crippen molar-refractivity contribution in [2.24, 2.45) is 0 Å². The minimum Gasteiger partial charge on any atom is -0.310 e. The molecule has 0 saturated carbocycles. The number of hydrogen-bond acceptors (Lipinski definition) is 2. The standard InChI is InChI=1S/C55H40N2/c1-6-20-41(21-7-1)42-34-37-48(38-35-42)56(46-26-12-4-13-27-46)52-32-18-16-30-49(52)43-36-39-51-54(40-43)57(47-28-14-5-15-29-47)53-33-19-17-31-50(53)55(51,44-22-8-2-9-23-44)45-24-10-3-11-25-45/h1-40H. The second-order valence-corrected chi connectivity index (χ2v) is 14.5. The van der Waals surface area contributed by atoms with Gasteiger partial charge in [-0.2, -0.15) is 0 Å². The first-order chi connectivity index (χ1) is 28.3. The molecule has 1 aliphatic rings. The van der Waals surface area contributed by atoms with Gasteiger partial charge in [0, 0.05) is 22.6 Å². The second kappa shape index (κ2) is 14.7. The molecule has 1 heterocycles. The van der Waals surface area contributed by atoms with Crippen LogP contribution in [0.5, 0.6) is 0 Å². The van der Waals surface area contributed by atoms with Crippen LogP contribution in [0.4, 0.5) is 34.1 Å². The van der Waals surface area contributed by atoms with Crippen molar-refractivity contribution in [1.82, 2.24) is 0 Å². The second-order valence-electron chi connectivity index (χ2n) is 14.5. The number of rotatable bonds is 8. The molecule has 2 nitrogen and oxygen atoms in total. The van der Waals surface area contributed by atoms with Crippen LogP contribution in [0.1, 0.15) is 22.3 Å².